The number of benzene rings is 1. The number of hydrogen-bond acceptors (Lipinski definition) is 5. The Bertz CT molecular complexity index is 732. The molecule has 1 aromatic rings. The van der Waals surface area contributed by atoms with Crippen LogP contribution in [0.15, 0.2) is 36.4 Å². The van der Waals surface area contributed by atoms with Crippen LogP contribution in [0.2, 0.25) is 0 Å². The Labute approximate surface area is 146 Å². The molecule has 1 saturated carbocycles. The van der Waals surface area contributed by atoms with Gasteiger partial charge < -0.3 is 14.6 Å². The van der Waals surface area contributed by atoms with Gasteiger partial charge in [0.15, 0.2) is 6.61 Å². The van der Waals surface area contributed by atoms with Gasteiger partial charge in [-0.2, -0.15) is 13.2 Å². The third-order valence-corrected chi connectivity index (χ3v) is 3.72. The van der Waals surface area contributed by atoms with Gasteiger partial charge in [-0.25, -0.2) is 9.59 Å². The minimum Gasteiger partial charge on any atom is -0.479 e. The molecule has 140 valence electrons. The van der Waals surface area contributed by atoms with Crippen molar-refractivity contribution in [3.63, 3.8) is 0 Å². The minimum atomic E-state index is -4.46. The van der Waals surface area contributed by atoms with E-state index in [1.54, 1.807) is 0 Å². The number of ether oxygens (including phenoxy) is 2. The maximum Gasteiger partial charge on any atom is 0.416 e. The highest BCUT2D eigenvalue weighted by Crippen LogP contribution is 2.50. The van der Waals surface area contributed by atoms with Crippen LogP contribution in [0.5, 0.6) is 0 Å². The van der Waals surface area contributed by atoms with Crippen LogP contribution < -0.4 is 0 Å². The summed E-state index contributed by atoms with van der Waals surface area (Å²) in [6, 6.07) is 4.31. The number of alkyl halides is 3. The highest BCUT2D eigenvalue weighted by atomic mass is 19.4. The normalized spacial score (nSPS) is 15.0. The zero-order chi connectivity index (χ0) is 19.5. The van der Waals surface area contributed by atoms with Crippen LogP contribution in [-0.2, 0) is 35.6 Å². The Morgan fingerprint density at radius 3 is 2.19 bits per heavy atom. The zero-order valence-electron chi connectivity index (χ0n) is 13.5. The molecule has 1 fully saturated rings. The van der Waals surface area contributed by atoms with Crippen LogP contribution in [0.3, 0.4) is 0 Å². The highest BCUT2D eigenvalue weighted by molar-refractivity contribution is 5.94. The molecule has 0 unspecified atom stereocenters. The summed E-state index contributed by atoms with van der Waals surface area (Å²) in [6.45, 7) is 2.48. The van der Waals surface area contributed by atoms with Crippen molar-refractivity contribution in [1.29, 1.82) is 0 Å². The van der Waals surface area contributed by atoms with E-state index in [1.165, 1.54) is 12.1 Å². The molecule has 0 heterocycles. The maximum atomic E-state index is 12.6. The van der Waals surface area contributed by atoms with Crippen molar-refractivity contribution < 1.29 is 42.1 Å². The Morgan fingerprint density at radius 1 is 1.15 bits per heavy atom. The second-order valence-electron chi connectivity index (χ2n) is 5.79. The average Bonchev–Trinajstić information content (AvgIpc) is 3.32. The number of carboxylic acid groups (broad SMARTS) is 1. The van der Waals surface area contributed by atoms with Crippen LogP contribution in [0.25, 0.3) is 0 Å². The van der Waals surface area contributed by atoms with Gasteiger partial charge in [0.2, 0.25) is 0 Å². The molecule has 0 spiro atoms. The fourth-order valence-electron chi connectivity index (χ4n) is 2.26. The van der Waals surface area contributed by atoms with Crippen molar-refractivity contribution >= 4 is 17.9 Å². The molecule has 2 rings (SSSR count). The lowest BCUT2D eigenvalue weighted by Gasteiger charge is -2.18. The molecule has 9 heteroatoms. The van der Waals surface area contributed by atoms with Crippen LogP contribution >= 0.6 is 0 Å². The molecule has 1 aliphatic rings. The monoisotopic (exact) mass is 372 g/mol. The second-order valence-corrected chi connectivity index (χ2v) is 5.79. The number of esters is 2. The van der Waals surface area contributed by atoms with Gasteiger partial charge in [-0.15, -0.1) is 0 Å². The quantitative estimate of drug-likeness (QED) is 0.585. The molecule has 0 atom stereocenters. The van der Waals surface area contributed by atoms with E-state index in [2.05, 4.69) is 11.3 Å². The summed E-state index contributed by atoms with van der Waals surface area (Å²) < 4.78 is 47.5. The number of rotatable bonds is 7. The Hall–Kier alpha value is -2.84. The zero-order valence-corrected chi connectivity index (χ0v) is 13.5. The molecular weight excluding hydrogens is 357 g/mol. The third-order valence-electron chi connectivity index (χ3n) is 3.72. The molecule has 0 radical (unpaired) electrons. The van der Waals surface area contributed by atoms with Gasteiger partial charge in [-0.3, -0.25) is 4.79 Å². The van der Waals surface area contributed by atoms with Gasteiger partial charge in [0.1, 0.15) is 5.60 Å². The highest BCUT2D eigenvalue weighted by Gasteiger charge is 2.48. The Kier molecular flexibility index (Phi) is 5.38. The van der Waals surface area contributed by atoms with E-state index in [9.17, 15) is 27.6 Å². The van der Waals surface area contributed by atoms with Crippen LogP contribution in [0.1, 0.15) is 30.4 Å². The first kappa shape index (κ1) is 19.5. The molecule has 1 aromatic carbocycles. The summed E-state index contributed by atoms with van der Waals surface area (Å²) in [4.78, 5) is 33.7. The number of carboxylic acids is 1. The summed E-state index contributed by atoms with van der Waals surface area (Å²) >= 11 is 0. The molecule has 1 N–H and O–H groups in total. The van der Waals surface area contributed by atoms with E-state index in [4.69, 9.17) is 9.84 Å². The number of carbonyl (C=O) groups excluding carboxylic acids is 2. The molecule has 0 bridgehead atoms. The van der Waals surface area contributed by atoms with Gasteiger partial charge in [0.05, 0.1) is 12.0 Å². The molecule has 26 heavy (non-hydrogen) atoms. The number of hydrogen-bond donors (Lipinski definition) is 1. The van der Waals surface area contributed by atoms with E-state index >= 15 is 0 Å². The summed E-state index contributed by atoms with van der Waals surface area (Å²) in [5.41, 5.74) is -1.66. The van der Waals surface area contributed by atoms with E-state index in [0.29, 0.717) is 18.4 Å². The lowest BCUT2D eigenvalue weighted by molar-refractivity contribution is -0.155. The third kappa shape index (κ3) is 4.84. The summed E-state index contributed by atoms with van der Waals surface area (Å²) in [5.74, 6) is -3.20. The van der Waals surface area contributed by atoms with Crippen molar-refractivity contribution in [3.05, 3.63) is 47.5 Å². The standard InChI is InChI=1S/C17H15F3O6/c1-10(15(24)25-9-13(21)22)8-14(23)26-16(6-7-16)11-2-4-12(5-3-11)17(18,19)20/h2-5H,1,6-9H2,(H,21,22). The SMILES string of the molecule is C=C(CC(=O)OC1(c2ccc(C(F)(F)F)cc2)CC1)C(=O)OCC(=O)O. The van der Waals surface area contributed by atoms with Gasteiger partial charge in [0.25, 0.3) is 0 Å². The van der Waals surface area contributed by atoms with E-state index in [-0.39, 0.29) is 5.57 Å². The first-order valence-electron chi connectivity index (χ1n) is 7.50. The van der Waals surface area contributed by atoms with Crippen molar-refractivity contribution in [2.45, 2.75) is 31.0 Å². The van der Waals surface area contributed by atoms with Crippen LogP contribution in [-0.4, -0.2) is 29.6 Å². The van der Waals surface area contributed by atoms with Crippen molar-refractivity contribution in [2.75, 3.05) is 6.61 Å². The first-order valence-corrected chi connectivity index (χ1v) is 7.50. The van der Waals surface area contributed by atoms with Gasteiger partial charge >= 0.3 is 24.1 Å². The molecule has 1 aliphatic carbocycles. The molecule has 0 aromatic heterocycles. The van der Waals surface area contributed by atoms with Crippen molar-refractivity contribution in [3.8, 4) is 0 Å². The summed E-state index contributed by atoms with van der Waals surface area (Å²) in [7, 11) is 0. The molecular formula is C17H15F3O6. The lowest BCUT2D eigenvalue weighted by atomic mass is 10.0. The second kappa shape index (κ2) is 7.19. The largest absolute Gasteiger partial charge is 0.479 e. The minimum absolute atomic E-state index is 0.278. The fraction of sp³-hybridized carbons (Fsp3) is 0.353. The van der Waals surface area contributed by atoms with Crippen molar-refractivity contribution in [2.24, 2.45) is 0 Å². The first-order chi connectivity index (χ1) is 12.0. The predicted octanol–water partition coefficient (Wildman–Crippen LogP) is 2.81. The van der Waals surface area contributed by atoms with Crippen molar-refractivity contribution in [1.82, 2.24) is 0 Å². The van der Waals surface area contributed by atoms with Crippen LogP contribution in [0, 0.1) is 0 Å². The van der Waals surface area contributed by atoms with Gasteiger partial charge in [-0.05, 0) is 30.5 Å². The van der Waals surface area contributed by atoms with Gasteiger partial charge in [-0.1, -0.05) is 18.7 Å². The maximum absolute atomic E-state index is 12.6. The Morgan fingerprint density at radius 2 is 1.73 bits per heavy atom. The van der Waals surface area contributed by atoms with Gasteiger partial charge in [0, 0.05) is 5.57 Å². The number of aliphatic carboxylic acids is 1. The van der Waals surface area contributed by atoms with Crippen LogP contribution in [0.4, 0.5) is 13.2 Å². The lowest BCUT2D eigenvalue weighted by Crippen LogP contribution is -2.21. The number of halogens is 3. The molecule has 0 aliphatic heterocycles. The summed E-state index contributed by atoms with van der Waals surface area (Å²) in [6.07, 6.45) is -4.08. The molecule has 6 nitrogen and oxygen atoms in total. The topological polar surface area (TPSA) is 89.9 Å². The smallest absolute Gasteiger partial charge is 0.416 e. The average molecular weight is 372 g/mol. The van der Waals surface area contributed by atoms with E-state index < -0.39 is 48.3 Å². The number of carbonyl (C=O) groups is 3. The van der Waals surface area contributed by atoms with E-state index in [0.717, 1.165) is 12.1 Å². The van der Waals surface area contributed by atoms with E-state index in [1.807, 2.05) is 0 Å². The Balaban J connectivity index is 1.95. The fourth-order valence-corrected chi connectivity index (χ4v) is 2.26. The molecule has 0 saturated heterocycles. The molecule has 0 amide bonds. The predicted molar refractivity (Wildman–Crippen MR) is 80.8 cm³/mol. The summed E-state index contributed by atoms with van der Waals surface area (Å²) in [5, 5.41) is 8.41.